The number of thiocarbonyl (C=S) groups is 1. The van der Waals surface area contributed by atoms with Gasteiger partial charge in [0.25, 0.3) is 5.91 Å². The van der Waals surface area contributed by atoms with Crippen LogP contribution in [-0.2, 0) is 10.5 Å². The van der Waals surface area contributed by atoms with Gasteiger partial charge in [-0.1, -0.05) is 78.2 Å². The summed E-state index contributed by atoms with van der Waals surface area (Å²) in [6.45, 7) is 1.99. The Morgan fingerprint density at radius 1 is 1.11 bits per heavy atom. The number of hydrogen-bond donors (Lipinski definition) is 0. The molecule has 1 saturated heterocycles. The van der Waals surface area contributed by atoms with E-state index in [0.29, 0.717) is 15.0 Å². The second kappa shape index (κ2) is 8.39. The molecule has 0 N–H and O–H groups in total. The van der Waals surface area contributed by atoms with Crippen LogP contribution in [0.4, 0.5) is 5.69 Å². The zero-order valence-corrected chi connectivity index (χ0v) is 17.6. The molecule has 4 rings (SSSR count). The smallest absolute Gasteiger partial charge is 0.270 e. The third-order valence-electron chi connectivity index (χ3n) is 4.15. The normalized spacial score (nSPS) is 15.6. The number of rotatable bonds is 5. The van der Waals surface area contributed by atoms with Crippen LogP contribution in [0.5, 0.6) is 0 Å². The summed E-state index contributed by atoms with van der Waals surface area (Å²) in [5.41, 5.74) is 3.12. The summed E-state index contributed by atoms with van der Waals surface area (Å²) >= 11 is 8.36. The van der Waals surface area contributed by atoms with E-state index in [1.165, 1.54) is 17.3 Å². The fraction of sp³-hybridized carbons (Fsp3) is 0.0909. The molecule has 2 aromatic carbocycles. The van der Waals surface area contributed by atoms with Gasteiger partial charge >= 0.3 is 0 Å². The molecule has 6 heteroatoms. The molecule has 0 saturated carbocycles. The van der Waals surface area contributed by atoms with E-state index in [-0.39, 0.29) is 5.91 Å². The Kier molecular flexibility index (Phi) is 5.71. The van der Waals surface area contributed by atoms with E-state index >= 15 is 0 Å². The zero-order valence-electron chi connectivity index (χ0n) is 15.1. The van der Waals surface area contributed by atoms with Crippen molar-refractivity contribution in [1.29, 1.82) is 0 Å². The summed E-state index contributed by atoms with van der Waals surface area (Å²) < 4.78 is 6.40. The number of carbonyl (C=O) groups excluding carboxylic acids is 1. The SMILES string of the molecule is Cc1cccc(N2C(=O)/C(=C/c3ccc(SCc4ccccc4)o3)SC2=S)c1. The molecule has 28 heavy (non-hydrogen) atoms. The third kappa shape index (κ3) is 4.24. The first-order valence-electron chi connectivity index (χ1n) is 8.71. The van der Waals surface area contributed by atoms with Crippen molar-refractivity contribution in [2.75, 3.05) is 4.90 Å². The first-order chi connectivity index (χ1) is 13.6. The van der Waals surface area contributed by atoms with E-state index in [1.807, 2.05) is 61.5 Å². The Hall–Kier alpha value is -2.28. The minimum absolute atomic E-state index is 0.115. The molecule has 3 aromatic rings. The molecule has 0 unspecified atom stereocenters. The van der Waals surface area contributed by atoms with Crippen molar-refractivity contribution in [3.63, 3.8) is 0 Å². The average Bonchev–Trinajstić information content (AvgIpc) is 3.25. The minimum Gasteiger partial charge on any atom is -0.450 e. The number of hydrogen-bond acceptors (Lipinski definition) is 5. The lowest BCUT2D eigenvalue weighted by molar-refractivity contribution is -0.113. The minimum atomic E-state index is -0.115. The largest absolute Gasteiger partial charge is 0.450 e. The molecule has 1 aromatic heterocycles. The summed E-state index contributed by atoms with van der Waals surface area (Å²) in [7, 11) is 0. The van der Waals surface area contributed by atoms with Gasteiger partial charge in [-0.15, -0.1) is 0 Å². The van der Waals surface area contributed by atoms with E-state index in [0.717, 1.165) is 22.1 Å². The van der Waals surface area contributed by atoms with E-state index in [9.17, 15) is 4.79 Å². The van der Waals surface area contributed by atoms with Crippen molar-refractivity contribution in [2.24, 2.45) is 0 Å². The van der Waals surface area contributed by atoms with Gasteiger partial charge in [0.2, 0.25) is 0 Å². The van der Waals surface area contributed by atoms with E-state index in [1.54, 1.807) is 22.7 Å². The molecule has 1 aliphatic rings. The van der Waals surface area contributed by atoms with Gasteiger partial charge < -0.3 is 4.42 Å². The maximum Gasteiger partial charge on any atom is 0.270 e. The molecule has 1 amide bonds. The standard InChI is InChI=1S/C22H17NO2S3/c1-15-6-5-9-17(12-15)23-21(24)19(28-22(23)26)13-18-10-11-20(25-18)27-14-16-7-3-2-4-8-16/h2-13H,14H2,1H3/b19-13-. The van der Waals surface area contributed by atoms with Crippen LogP contribution in [0.3, 0.4) is 0 Å². The first kappa shape index (κ1) is 19.1. The number of aryl methyl sites for hydroxylation is 1. The molecular formula is C22H17NO2S3. The van der Waals surface area contributed by atoms with Crippen molar-refractivity contribution in [2.45, 2.75) is 17.8 Å². The van der Waals surface area contributed by atoms with Gasteiger partial charge in [0.15, 0.2) is 9.41 Å². The second-order valence-electron chi connectivity index (χ2n) is 6.29. The number of nitrogens with zero attached hydrogens (tertiary/aromatic N) is 1. The molecule has 2 heterocycles. The number of amides is 1. The molecule has 0 atom stereocenters. The quantitative estimate of drug-likeness (QED) is 0.274. The monoisotopic (exact) mass is 423 g/mol. The molecule has 1 fully saturated rings. The van der Waals surface area contributed by atoms with E-state index in [2.05, 4.69) is 12.1 Å². The number of benzene rings is 2. The summed E-state index contributed by atoms with van der Waals surface area (Å²) in [5, 5.41) is 0.823. The van der Waals surface area contributed by atoms with Crippen molar-refractivity contribution in [3.05, 3.63) is 88.5 Å². The Morgan fingerprint density at radius 2 is 1.93 bits per heavy atom. The molecular weight excluding hydrogens is 406 g/mol. The van der Waals surface area contributed by atoms with Crippen LogP contribution in [0.15, 0.2) is 81.1 Å². The van der Waals surface area contributed by atoms with Crippen molar-refractivity contribution >= 4 is 57.7 Å². The Balaban J connectivity index is 1.48. The van der Waals surface area contributed by atoms with Crippen LogP contribution < -0.4 is 4.90 Å². The van der Waals surface area contributed by atoms with E-state index in [4.69, 9.17) is 16.6 Å². The van der Waals surface area contributed by atoms with Crippen molar-refractivity contribution in [1.82, 2.24) is 0 Å². The fourth-order valence-electron chi connectivity index (χ4n) is 2.80. The number of furan rings is 1. The summed E-state index contributed by atoms with van der Waals surface area (Å²) in [4.78, 5) is 15.0. The van der Waals surface area contributed by atoms with Gasteiger partial charge in [0.1, 0.15) is 5.76 Å². The summed E-state index contributed by atoms with van der Waals surface area (Å²) in [6.07, 6.45) is 1.77. The molecule has 3 nitrogen and oxygen atoms in total. The number of thioether (sulfide) groups is 2. The highest BCUT2D eigenvalue weighted by Crippen LogP contribution is 2.37. The maximum absolute atomic E-state index is 12.9. The van der Waals surface area contributed by atoms with Crippen LogP contribution in [0.2, 0.25) is 0 Å². The van der Waals surface area contributed by atoms with Crippen LogP contribution in [0.1, 0.15) is 16.9 Å². The first-order valence-corrected chi connectivity index (χ1v) is 10.9. The highest BCUT2D eigenvalue weighted by Gasteiger charge is 2.33. The topological polar surface area (TPSA) is 33.5 Å². The number of carbonyl (C=O) groups is 1. The van der Waals surface area contributed by atoms with Crippen molar-refractivity contribution < 1.29 is 9.21 Å². The van der Waals surface area contributed by atoms with Gasteiger partial charge in [0, 0.05) is 11.8 Å². The third-order valence-corrected chi connectivity index (χ3v) is 6.44. The Bertz CT molecular complexity index is 1060. The van der Waals surface area contributed by atoms with Crippen LogP contribution in [0.25, 0.3) is 6.08 Å². The molecule has 140 valence electrons. The molecule has 0 bridgehead atoms. The number of anilines is 1. The van der Waals surface area contributed by atoms with Crippen molar-refractivity contribution in [3.8, 4) is 0 Å². The Labute approximate surface area is 177 Å². The van der Waals surface area contributed by atoms with E-state index < -0.39 is 0 Å². The molecule has 0 spiro atoms. The van der Waals surface area contributed by atoms with Gasteiger partial charge in [-0.25, -0.2) is 0 Å². The highest BCUT2D eigenvalue weighted by atomic mass is 32.2. The lowest BCUT2D eigenvalue weighted by Crippen LogP contribution is -2.27. The average molecular weight is 424 g/mol. The Morgan fingerprint density at radius 3 is 2.71 bits per heavy atom. The predicted molar refractivity (Wildman–Crippen MR) is 122 cm³/mol. The van der Waals surface area contributed by atoms with Crippen LogP contribution in [0, 0.1) is 6.92 Å². The second-order valence-corrected chi connectivity index (χ2v) is 8.94. The van der Waals surface area contributed by atoms with Gasteiger partial charge in [-0.2, -0.15) is 0 Å². The van der Waals surface area contributed by atoms with Crippen LogP contribution in [-0.4, -0.2) is 10.2 Å². The summed E-state index contributed by atoms with van der Waals surface area (Å²) in [5.74, 6) is 1.37. The summed E-state index contributed by atoms with van der Waals surface area (Å²) in [6, 6.07) is 21.8. The lowest BCUT2D eigenvalue weighted by Gasteiger charge is -2.14. The van der Waals surface area contributed by atoms with Gasteiger partial charge in [-0.3, -0.25) is 9.69 Å². The lowest BCUT2D eigenvalue weighted by atomic mass is 10.2. The molecule has 0 radical (unpaired) electrons. The molecule has 1 aliphatic heterocycles. The zero-order chi connectivity index (χ0) is 19.5. The molecule has 0 aliphatic carbocycles. The van der Waals surface area contributed by atoms with Crippen LogP contribution >= 0.6 is 35.7 Å². The maximum atomic E-state index is 12.9. The fourth-order valence-corrected chi connectivity index (χ4v) is 4.90. The van der Waals surface area contributed by atoms with Gasteiger partial charge in [0.05, 0.1) is 10.6 Å². The predicted octanol–water partition coefficient (Wildman–Crippen LogP) is 6.29. The highest BCUT2D eigenvalue weighted by molar-refractivity contribution is 8.27. The van der Waals surface area contributed by atoms with Gasteiger partial charge in [-0.05, 0) is 42.3 Å².